The lowest BCUT2D eigenvalue weighted by atomic mass is 10.0. The molecule has 2 nitrogen and oxygen atoms in total. The smallest absolute Gasteiger partial charge is 0.142 e. The fraction of sp³-hybridized carbons (Fsp3) is 0.143. The molecule has 0 heterocycles. The highest BCUT2D eigenvalue weighted by Gasteiger charge is 2.23. The molecule has 1 saturated carbocycles. The van der Waals surface area contributed by atoms with Crippen molar-refractivity contribution in [3.05, 3.63) is 60.9 Å². The van der Waals surface area contributed by atoms with Crippen LogP contribution in [0, 0.1) is 31.6 Å². The molecule has 3 heteroatoms. The second-order valence-corrected chi connectivity index (χ2v) is 4.22. The van der Waals surface area contributed by atoms with Gasteiger partial charge >= 0.3 is 0 Å². The van der Waals surface area contributed by atoms with Crippen molar-refractivity contribution >= 4 is 23.1 Å². The first-order chi connectivity index (χ1) is 8.25. The van der Waals surface area contributed by atoms with Crippen molar-refractivity contribution in [2.45, 2.75) is 6.42 Å². The average Bonchev–Trinajstić information content (AvgIpc) is 2.82. The third-order valence-electron chi connectivity index (χ3n) is 2.49. The highest BCUT2D eigenvalue weighted by atomic mass is 35.5. The molecular weight excluding hydrogens is 234 g/mol. The molecule has 1 aromatic carbocycles. The number of nitrogens with one attached hydrogen (secondary N) is 1. The summed E-state index contributed by atoms with van der Waals surface area (Å²) in [5.41, 5.74) is 0.938. The van der Waals surface area contributed by atoms with Crippen molar-refractivity contribution in [1.29, 1.82) is 0 Å². The molecule has 1 aliphatic carbocycles. The summed E-state index contributed by atoms with van der Waals surface area (Å²) in [5, 5.41) is 3.87. The molecule has 1 fully saturated rings. The van der Waals surface area contributed by atoms with Gasteiger partial charge in [-0.2, -0.15) is 0 Å². The van der Waals surface area contributed by atoms with E-state index in [1.54, 1.807) is 0 Å². The fourth-order valence-corrected chi connectivity index (χ4v) is 1.81. The van der Waals surface area contributed by atoms with Crippen molar-refractivity contribution in [2.24, 2.45) is 0 Å². The number of anilines is 1. The van der Waals surface area contributed by atoms with Crippen molar-refractivity contribution in [3.8, 4) is 0 Å². The normalized spacial score (nSPS) is 16.1. The standard InChI is InChI=1S/C14H13ClNO/c15-12-6-3-7-13(10-12)16-9-8-14(17)11-4-1-2-5-11/h1-7,10,16H,8-9H2. The van der Waals surface area contributed by atoms with Crippen LogP contribution < -0.4 is 5.32 Å². The van der Waals surface area contributed by atoms with Gasteiger partial charge in [0, 0.05) is 29.6 Å². The van der Waals surface area contributed by atoms with E-state index in [1.807, 2.05) is 49.9 Å². The largest absolute Gasteiger partial charge is 0.385 e. The molecule has 87 valence electrons. The van der Waals surface area contributed by atoms with Crippen LogP contribution in [0.5, 0.6) is 0 Å². The monoisotopic (exact) mass is 246 g/mol. The summed E-state index contributed by atoms with van der Waals surface area (Å²) in [4.78, 5) is 11.7. The van der Waals surface area contributed by atoms with Crippen molar-refractivity contribution < 1.29 is 4.79 Å². The van der Waals surface area contributed by atoms with E-state index in [1.165, 1.54) is 0 Å². The predicted molar refractivity (Wildman–Crippen MR) is 70.0 cm³/mol. The van der Waals surface area contributed by atoms with Gasteiger partial charge in [-0.15, -0.1) is 0 Å². The minimum atomic E-state index is 0.157. The Morgan fingerprint density at radius 3 is 2.71 bits per heavy atom. The summed E-state index contributed by atoms with van der Waals surface area (Å²) >= 11 is 5.86. The van der Waals surface area contributed by atoms with Crippen LogP contribution in [0.1, 0.15) is 6.42 Å². The number of hydrogen-bond acceptors (Lipinski definition) is 2. The number of benzene rings is 1. The molecule has 2 rings (SSSR count). The van der Waals surface area contributed by atoms with Crippen LogP contribution in [0.25, 0.3) is 0 Å². The topological polar surface area (TPSA) is 29.1 Å². The zero-order valence-electron chi connectivity index (χ0n) is 9.32. The van der Waals surface area contributed by atoms with Gasteiger partial charge in [-0.05, 0) is 43.9 Å². The number of hydrogen-bond donors (Lipinski definition) is 1. The molecular formula is C14H13ClNO. The lowest BCUT2D eigenvalue weighted by Crippen LogP contribution is -2.14. The number of carbonyl (C=O) groups excluding carboxylic acids is 1. The zero-order chi connectivity index (χ0) is 12.1. The lowest BCUT2D eigenvalue weighted by molar-refractivity contribution is -0.116. The van der Waals surface area contributed by atoms with E-state index >= 15 is 0 Å². The van der Waals surface area contributed by atoms with Gasteiger partial charge in [-0.1, -0.05) is 17.7 Å². The van der Waals surface area contributed by atoms with Gasteiger partial charge in [0.1, 0.15) is 5.78 Å². The molecule has 0 unspecified atom stereocenters. The highest BCUT2D eigenvalue weighted by Crippen LogP contribution is 2.24. The molecule has 0 saturated heterocycles. The average molecular weight is 247 g/mol. The molecule has 0 bridgehead atoms. The van der Waals surface area contributed by atoms with Gasteiger partial charge in [-0.3, -0.25) is 4.79 Å². The Balaban J connectivity index is 1.73. The second kappa shape index (κ2) is 6.06. The van der Waals surface area contributed by atoms with E-state index in [0.717, 1.165) is 11.6 Å². The van der Waals surface area contributed by atoms with Crippen LogP contribution in [0.4, 0.5) is 5.69 Å². The summed E-state index contributed by atoms with van der Waals surface area (Å²) < 4.78 is 0. The van der Waals surface area contributed by atoms with Gasteiger partial charge < -0.3 is 5.32 Å². The van der Waals surface area contributed by atoms with Crippen LogP contribution >= 0.6 is 11.6 Å². The van der Waals surface area contributed by atoms with Crippen LogP contribution in [0.15, 0.2) is 24.3 Å². The SMILES string of the molecule is O=C(CCNc1cccc(Cl)c1)[C]1[CH][CH][CH][CH]1. The van der Waals surface area contributed by atoms with Crippen LogP contribution in [-0.2, 0) is 4.79 Å². The molecule has 0 amide bonds. The summed E-state index contributed by atoms with van der Waals surface area (Å²) in [6.07, 6.45) is 7.90. The molecule has 0 atom stereocenters. The minimum absolute atomic E-state index is 0.157. The molecule has 1 aliphatic rings. The Hall–Kier alpha value is -1.02. The summed E-state index contributed by atoms with van der Waals surface area (Å²) in [5.74, 6) is 0.933. The van der Waals surface area contributed by atoms with E-state index in [9.17, 15) is 4.79 Å². The molecule has 5 radical (unpaired) electrons. The summed E-state index contributed by atoms with van der Waals surface area (Å²) in [6.45, 7) is 0.615. The van der Waals surface area contributed by atoms with E-state index < -0.39 is 0 Å². The molecule has 1 aromatic rings. The van der Waals surface area contributed by atoms with E-state index in [2.05, 4.69) is 5.32 Å². The Kier molecular flexibility index (Phi) is 4.43. The first-order valence-corrected chi connectivity index (χ1v) is 5.88. The molecule has 0 aromatic heterocycles. The van der Waals surface area contributed by atoms with Gasteiger partial charge in [0.15, 0.2) is 0 Å². The first-order valence-electron chi connectivity index (χ1n) is 5.50. The summed E-state index contributed by atoms with van der Waals surface area (Å²) in [7, 11) is 0. The first kappa shape index (κ1) is 12.4. The second-order valence-electron chi connectivity index (χ2n) is 3.78. The third-order valence-corrected chi connectivity index (χ3v) is 2.73. The van der Waals surface area contributed by atoms with Crippen LogP contribution in [-0.4, -0.2) is 12.3 Å². The van der Waals surface area contributed by atoms with E-state index in [0.29, 0.717) is 18.0 Å². The van der Waals surface area contributed by atoms with Gasteiger partial charge in [0.05, 0.1) is 0 Å². The zero-order valence-corrected chi connectivity index (χ0v) is 10.1. The molecule has 17 heavy (non-hydrogen) atoms. The van der Waals surface area contributed by atoms with Crippen molar-refractivity contribution in [3.63, 3.8) is 0 Å². The Labute approximate surface area is 107 Å². The maximum atomic E-state index is 11.7. The summed E-state index contributed by atoms with van der Waals surface area (Å²) in [6, 6.07) is 7.47. The number of halogens is 1. The van der Waals surface area contributed by atoms with E-state index in [-0.39, 0.29) is 5.78 Å². The number of carbonyl (C=O) groups is 1. The van der Waals surface area contributed by atoms with Crippen molar-refractivity contribution in [1.82, 2.24) is 0 Å². The Morgan fingerprint density at radius 1 is 1.24 bits per heavy atom. The quantitative estimate of drug-likeness (QED) is 0.865. The van der Waals surface area contributed by atoms with Gasteiger partial charge in [-0.25, -0.2) is 0 Å². The number of Topliss-reactive ketones (excluding diaryl/α,β-unsaturated/α-hetero) is 1. The Bertz CT molecular complexity index is 386. The fourth-order valence-electron chi connectivity index (χ4n) is 1.62. The molecule has 0 spiro atoms. The van der Waals surface area contributed by atoms with Gasteiger partial charge in [0.25, 0.3) is 0 Å². The van der Waals surface area contributed by atoms with Crippen LogP contribution in [0.2, 0.25) is 5.02 Å². The Morgan fingerprint density at radius 2 is 2.00 bits per heavy atom. The van der Waals surface area contributed by atoms with Crippen molar-refractivity contribution in [2.75, 3.05) is 11.9 Å². The number of ketones is 1. The minimum Gasteiger partial charge on any atom is -0.385 e. The molecule has 0 aliphatic heterocycles. The van der Waals surface area contributed by atoms with Crippen LogP contribution in [0.3, 0.4) is 0 Å². The highest BCUT2D eigenvalue weighted by molar-refractivity contribution is 6.30. The maximum Gasteiger partial charge on any atom is 0.142 e. The maximum absolute atomic E-state index is 11.7. The van der Waals surface area contributed by atoms with Gasteiger partial charge in [0.2, 0.25) is 0 Å². The molecule has 1 N–H and O–H groups in total. The van der Waals surface area contributed by atoms with E-state index in [4.69, 9.17) is 11.6 Å². The number of rotatable bonds is 5. The lowest BCUT2D eigenvalue weighted by Gasteiger charge is -2.08. The third kappa shape index (κ3) is 3.74. The predicted octanol–water partition coefficient (Wildman–Crippen LogP) is 3.12.